The molecule has 6 nitrogen and oxygen atoms in total. The van der Waals surface area contributed by atoms with Gasteiger partial charge in [0.2, 0.25) is 0 Å². The zero-order valence-electron chi connectivity index (χ0n) is 21.5. The number of carbonyl (C=O) groups is 1. The molecule has 5 aliphatic rings. The van der Waals surface area contributed by atoms with Gasteiger partial charge in [0.25, 0.3) is 0 Å². The number of ketones is 1. The fourth-order valence-corrected chi connectivity index (χ4v) is 8.77. The van der Waals surface area contributed by atoms with Crippen molar-refractivity contribution in [3.8, 4) is 0 Å². The molecule has 1 spiro atoms. The second-order valence-electron chi connectivity index (χ2n) is 12.5. The van der Waals surface area contributed by atoms with Crippen molar-refractivity contribution in [3.63, 3.8) is 0 Å². The molecule has 7 atom stereocenters. The molecule has 2 bridgehead atoms. The number of nitrogens with one attached hydrogen (secondary N) is 1. The number of fused-ring (bicyclic) bond motifs is 9. The van der Waals surface area contributed by atoms with Crippen molar-refractivity contribution >= 4 is 16.7 Å². The van der Waals surface area contributed by atoms with Crippen molar-refractivity contribution < 1.29 is 24.1 Å². The van der Waals surface area contributed by atoms with Gasteiger partial charge in [-0.3, -0.25) is 4.79 Å². The third-order valence-electron chi connectivity index (χ3n) is 10.7. The van der Waals surface area contributed by atoms with Gasteiger partial charge in [-0.1, -0.05) is 38.1 Å². The molecule has 6 heteroatoms. The van der Waals surface area contributed by atoms with Crippen LogP contribution in [0.5, 0.6) is 0 Å². The van der Waals surface area contributed by atoms with Crippen LogP contribution in [0.4, 0.5) is 0 Å². The van der Waals surface area contributed by atoms with E-state index in [9.17, 15) is 9.90 Å². The summed E-state index contributed by atoms with van der Waals surface area (Å²) in [6.45, 7) is 12.5. The second kappa shape index (κ2) is 6.79. The van der Waals surface area contributed by atoms with Gasteiger partial charge in [0, 0.05) is 39.4 Å². The monoisotopic (exact) mass is 489 g/mol. The summed E-state index contributed by atoms with van der Waals surface area (Å²) in [5, 5.41) is 14.3. The average molecular weight is 490 g/mol. The normalized spacial score (nSPS) is 44.0. The average Bonchev–Trinajstić information content (AvgIpc) is 3.42. The van der Waals surface area contributed by atoms with Crippen molar-refractivity contribution in [2.75, 3.05) is 6.61 Å². The molecule has 1 unspecified atom stereocenters. The number of H-pyrrole nitrogens is 1. The third-order valence-corrected chi connectivity index (χ3v) is 10.7. The molecule has 3 fully saturated rings. The fourth-order valence-electron chi connectivity index (χ4n) is 8.77. The Morgan fingerprint density at radius 3 is 2.78 bits per heavy atom. The Kier molecular flexibility index (Phi) is 4.32. The first-order valence-corrected chi connectivity index (χ1v) is 13.2. The zero-order chi connectivity index (χ0) is 25.3. The highest BCUT2D eigenvalue weighted by molar-refractivity contribution is 5.97. The Bertz CT molecular complexity index is 1360. The minimum atomic E-state index is -1.46. The van der Waals surface area contributed by atoms with Crippen LogP contribution in [0.15, 0.2) is 48.6 Å². The van der Waals surface area contributed by atoms with E-state index < -0.39 is 34.6 Å². The molecule has 3 heterocycles. The summed E-state index contributed by atoms with van der Waals surface area (Å²) >= 11 is 0. The number of benzene rings is 1. The first-order valence-electron chi connectivity index (χ1n) is 13.2. The lowest BCUT2D eigenvalue weighted by molar-refractivity contribution is -0.279. The van der Waals surface area contributed by atoms with Gasteiger partial charge in [0.1, 0.15) is 11.2 Å². The van der Waals surface area contributed by atoms with Gasteiger partial charge >= 0.3 is 0 Å². The zero-order valence-corrected chi connectivity index (χ0v) is 21.5. The van der Waals surface area contributed by atoms with Gasteiger partial charge < -0.3 is 24.3 Å². The van der Waals surface area contributed by atoms with Crippen LogP contribution in [0.25, 0.3) is 10.9 Å². The summed E-state index contributed by atoms with van der Waals surface area (Å²) in [6, 6.07) is 8.46. The predicted molar refractivity (Wildman–Crippen MR) is 136 cm³/mol. The van der Waals surface area contributed by atoms with Crippen LogP contribution in [-0.4, -0.2) is 51.7 Å². The molecular formula is C30H35NO5. The Labute approximate surface area is 211 Å². The van der Waals surface area contributed by atoms with Crippen molar-refractivity contribution in [3.05, 3.63) is 59.8 Å². The molecule has 0 amide bonds. The smallest absolute Gasteiger partial charge is 0.195 e. The van der Waals surface area contributed by atoms with Gasteiger partial charge in [-0.25, -0.2) is 0 Å². The van der Waals surface area contributed by atoms with Gasteiger partial charge in [0.15, 0.2) is 17.7 Å². The second-order valence-corrected chi connectivity index (χ2v) is 12.5. The van der Waals surface area contributed by atoms with E-state index in [0.29, 0.717) is 31.4 Å². The van der Waals surface area contributed by atoms with Crippen molar-refractivity contribution in [2.45, 2.75) is 88.0 Å². The van der Waals surface area contributed by atoms with Gasteiger partial charge in [0.05, 0.1) is 12.7 Å². The molecule has 36 heavy (non-hydrogen) atoms. The predicted octanol–water partition coefficient (Wildman–Crippen LogP) is 4.50. The van der Waals surface area contributed by atoms with Gasteiger partial charge in [-0.2, -0.15) is 0 Å². The third kappa shape index (κ3) is 2.36. The molecule has 3 aliphatic carbocycles. The van der Waals surface area contributed by atoms with E-state index >= 15 is 0 Å². The molecule has 1 aromatic heterocycles. The number of rotatable bonds is 3. The Hall–Kier alpha value is -2.25. The summed E-state index contributed by atoms with van der Waals surface area (Å²) in [5.74, 6) is -0.975. The lowest BCUT2D eigenvalue weighted by Gasteiger charge is -2.67. The molecule has 0 radical (unpaired) electrons. The van der Waals surface area contributed by atoms with E-state index in [2.05, 4.69) is 49.7 Å². The topological polar surface area (TPSA) is 80.8 Å². The molecule has 2 aliphatic heterocycles. The Morgan fingerprint density at radius 1 is 1.22 bits per heavy atom. The first-order chi connectivity index (χ1) is 17.0. The summed E-state index contributed by atoms with van der Waals surface area (Å²) < 4.78 is 19.3. The van der Waals surface area contributed by atoms with E-state index in [-0.39, 0.29) is 17.1 Å². The van der Waals surface area contributed by atoms with E-state index in [0.717, 1.165) is 11.9 Å². The van der Waals surface area contributed by atoms with Crippen LogP contribution in [0, 0.1) is 11.3 Å². The van der Waals surface area contributed by atoms with Crippen molar-refractivity contribution in [1.82, 2.24) is 4.98 Å². The fraction of sp³-hybridized carbons (Fsp3) is 0.567. The maximum Gasteiger partial charge on any atom is 0.195 e. The number of hydrogen-bond donors (Lipinski definition) is 2. The highest BCUT2D eigenvalue weighted by atomic mass is 16.8. The molecule has 7 rings (SSSR count). The van der Waals surface area contributed by atoms with Crippen molar-refractivity contribution in [1.29, 1.82) is 0 Å². The number of aromatic nitrogens is 1. The largest absolute Gasteiger partial charge is 0.382 e. The summed E-state index contributed by atoms with van der Waals surface area (Å²) in [7, 11) is 0. The number of ether oxygens (including phenoxy) is 3. The molecule has 2 aromatic rings. The molecule has 2 saturated carbocycles. The minimum Gasteiger partial charge on any atom is -0.382 e. The molecule has 190 valence electrons. The lowest BCUT2D eigenvalue weighted by Crippen LogP contribution is -2.74. The highest BCUT2D eigenvalue weighted by Gasteiger charge is 2.77. The molecule has 1 saturated heterocycles. The van der Waals surface area contributed by atoms with Crippen LogP contribution in [0.3, 0.4) is 0 Å². The number of carbonyl (C=O) groups excluding carboxylic acids is 1. The van der Waals surface area contributed by atoms with Crippen LogP contribution in [-0.2, 0) is 30.8 Å². The summed E-state index contributed by atoms with van der Waals surface area (Å²) in [6.07, 6.45) is 5.03. The summed E-state index contributed by atoms with van der Waals surface area (Å²) in [4.78, 5) is 17.1. The van der Waals surface area contributed by atoms with E-state index in [1.165, 1.54) is 16.6 Å². The first kappa shape index (κ1) is 22.9. The molecular weight excluding hydrogens is 454 g/mol. The van der Waals surface area contributed by atoms with Crippen LogP contribution in [0.2, 0.25) is 0 Å². The SMILES string of the molecule is C=CCO[C@H]1C[C@H]2Cc3c([nH]c4ccccc34)[C@]2(C)C2(C)CC[C@@]34O[C@@H](C(=O)C=C3[C@]12O)C(C)(C)O4. The maximum absolute atomic E-state index is 13.3. The Morgan fingerprint density at radius 2 is 2.00 bits per heavy atom. The molecule has 1 aromatic carbocycles. The van der Waals surface area contributed by atoms with Crippen LogP contribution < -0.4 is 0 Å². The number of aromatic amines is 1. The van der Waals surface area contributed by atoms with Crippen LogP contribution >= 0.6 is 0 Å². The van der Waals surface area contributed by atoms with Gasteiger partial charge in [-0.15, -0.1) is 6.58 Å². The Balaban J connectivity index is 1.46. The van der Waals surface area contributed by atoms with Gasteiger partial charge in [-0.05, 0) is 56.7 Å². The maximum atomic E-state index is 13.3. The standard InChI is InChI=1S/C30H35NO5/c1-6-13-34-23-15-17-14-19-18-9-7-8-10-20(18)31-24(19)28(17,5)27(4)11-12-29-22(30(23,27)33)16-21(32)25(35-29)26(2,3)36-29/h6-10,16-17,23,25,31,33H,1,11-15H2,2-5H3/t17-,23+,25+,27?,28-,29+,30+/m1/s1. The van der Waals surface area contributed by atoms with Crippen molar-refractivity contribution in [2.24, 2.45) is 11.3 Å². The minimum absolute atomic E-state index is 0.145. The van der Waals surface area contributed by atoms with E-state index in [1.54, 1.807) is 12.2 Å². The summed E-state index contributed by atoms with van der Waals surface area (Å²) in [5.41, 5.74) is 0.997. The quantitative estimate of drug-likeness (QED) is 0.621. The van der Waals surface area contributed by atoms with Crippen LogP contribution in [0.1, 0.15) is 58.2 Å². The number of para-hydroxylation sites is 1. The van der Waals surface area contributed by atoms with E-state index in [4.69, 9.17) is 14.2 Å². The lowest BCUT2D eigenvalue weighted by atomic mass is 9.41. The highest BCUT2D eigenvalue weighted by Crippen LogP contribution is 2.72. The van der Waals surface area contributed by atoms with E-state index in [1.807, 2.05) is 13.8 Å². The molecule has 2 N–H and O–H groups in total. The number of aliphatic hydroxyl groups is 1. The number of hydrogen-bond acceptors (Lipinski definition) is 5.